The van der Waals surface area contributed by atoms with Crippen molar-refractivity contribution in [2.24, 2.45) is 0 Å². The summed E-state index contributed by atoms with van der Waals surface area (Å²) in [6.45, 7) is 6.62. The molecule has 2 aliphatic rings. The van der Waals surface area contributed by atoms with Crippen molar-refractivity contribution in [3.8, 4) is 0 Å². The Morgan fingerprint density at radius 3 is 2.90 bits per heavy atom. The molecule has 3 heterocycles. The van der Waals surface area contributed by atoms with Gasteiger partial charge in [-0.25, -0.2) is 9.97 Å². The smallest absolute Gasteiger partial charge is 0.137 e. The highest BCUT2D eigenvalue weighted by molar-refractivity contribution is 6.30. The van der Waals surface area contributed by atoms with Crippen LogP contribution in [0.25, 0.3) is 0 Å². The Labute approximate surface area is 132 Å². The van der Waals surface area contributed by atoms with Gasteiger partial charge in [-0.15, -0.1) is 0 Å². The molecule has 0 aromatic carbocycles. The Bertz CT molecular complexity index is 505. The van der Waals surface area contributed by atoms with Crippen molar-refractivity contribution < 1.29 is 0 Å². The number of aryl methyl sites for hydroxylation is 1. The SMILES string of the molecule is CCCc1nc(Cl)c(C)c(NC2CCN3CCCCC23)n1. The Morgan fingerprint density at radius 1 is 1.24 bits per heavy atom. The number of piperidine rings is 1. The summed E-state index contributed by atoms with van der Waals surface area (Å²) in [5, 5.41) is 4.26. The summed E-state index contributed by atoms with van der Waals surface area (Å²) in [7, 11) is 0. The predicted octanol–water partition coefficient (Wildman–Crippen LogP) is 3.43. The van der Waals surface area contributed by atoms with Gasteiger partial charge in [-0.05, 0) is 39.2 Å². The van der Waals surface area contributed by atoms with Crippen LogP contribution < -0.4 is 5.32 Å². The van der Waals surface area contributed by atoms with Gasteiger partial charge in [0.15, 0.2) is 0 Å². The number of anilines is 1. The van der Waals surface area contributed by atoms with Crippen molar-refractivity contribution >= 4 is 17.4 Å². The van der Waals surface area contributed by atoms with Crippen LogP contribution in [0.1, 0.15) is 50.4 Å². The van der Waals surface area contributed by atoms with E-state index in [0.717, 1.165) is 30.0 Å². The highest BCUT2D eigenvalue weighted by Gasteiger charge is 2.35. The van der Waals surface area contributed by atoms with E-state index < -0.39 is 0 Å². The zero-order valence-electron chi connectivity index (χ0n) is 13.0. The summed E-state index contributed by atoms with van der Waals surface area (Å²) < 4.78 is 0. The zero-order chi connectivity index (χ0) is 14.8. The van der Waals surface area contributed by atoms with Crippen LogP contribution in [0.5, 0.6) is 0 Å². The molecule has 0 bridgehead atoms. The van der Waals surface area contributed by atoms with Crippen LogP contribution in [0.4, 0.5) is 5.82 Å². The molecule has 2 fully saturated rings. The molecule has 0 saturated carbocycles. The van der Waals surface area contributed by atoms with E-state index in [1.807, 2.05) is 6.92 Å². The standard InChI is InChI=1S/C16H25ClN4/c1-3-6-14-19-15(17)11(2)16(20-14)18-12-8-10-21-9-5-4-7-13(12)21/h12-13H,3-10H2,1-2H3,(H,18,19,20). The molecule has 0 aliphatic carbocycles. The monoisotopic (exact) mass is 308 g/mol. The Morgan fingerprint density at radius 2 is 2.10 bits per heavy atom. The lowest BCUT2D eigenvalue weighted by Crippen LogP contribution is -2.42. The second kappa shape index (κ2) is 6.49. The van der Waals surface area contributed by atoms with Crippen molar-refractivity contribution in [3.05, 3.63) is 16.5 Å². The molecule has 116 valence electrons. The molecule has 0 spiro atoms. The number of nitrogens with zero attached hydrogens (tertiary/aromatic N) is 3. The van der Waals surface area contributed by atoms with Gasteiger partial charge in [0.05, 0.1) is 0 Å². The summed E-state index contributed by atoms with van der Waals surface area (Å²) >= 11 is 6.28. The summed E-state index contributed by atoms with van der Waals surface area (Å²) in [6.07, 6.45) is 7.13. The van der Waals surface area contributed by atoms with E-state index in [9.17, 15) is 0 Å². The van der Waals surface area contributed by atoms with E-state index in [0.29, 0.717) is 17.2 Å². The number of hydrogen-bond donors (Lipinski definition) is 1. The first-order valence-corrected chi connectivity index (χ1v) is 8.60. The van der Waals surface area contributed by atoms with Gasteiger partial charge in [0.1, 0.15) is 16.8 Å². The second-order valence-electron chi connectivity index (χ2n) is 6.29. The molecule has 4 nitrogen and oxygen atoms in total. The maximum absolute atomic E-state index is 6.28. The van der Waals surface area contributed by atoms with Crippen LogP contribution in [-0.2, 0) is 6.42 Å². The third-order valence-corrected chi connectivity index (χ3v) is 5.15. The quantitative estimate of drug-likeness (QED) is 0.865. The highest BCUT2D eigenvalue weighted by atomic mass is 35.5. The molecule has 2 atom stereocenters. The molecule has 2 saturated heterocycles. The third kappa shape index (κ3) is 3.16. The summed E-state index contributed by atoms with van der Waals surface area (Å²) in [5.74, 6) is 1.80. The van der Waals surface area contributed by atoms with E-state index >= 15 is 0 Å². The minimum atomic E-state index is 0.504. The number of rotatable bonds is 4. The van der Waals surface area contributed by atoms with Crippen LogP contribution in [0.2, 0.25) is 5.15 Å². The summed E-state index contributed by atoms with van der Waals surface area (Å²) in [4.78, 5) is 11.7. The molecule has 1 aromatic heterocycles. The fraction of sp³-hybridized carbons (Fsp3) is 0.750. The predicted molar refractivity (Wildman–Crippen MR) is 87.0 cm³/mol. The fourth-order valence-corrected chi connectivity index (χ4v) is 3.79. The Balaban J connectivity index is 1.77. The van der Waals surface area contributed by atoms with Crippen LogP contribution in [0.15, 0.2) is 0 Å². The molecule has 0 amide bonds. The van der Waals surface area contributed by atoms with Gasteiger partial charge in [-0.2, -0.15) is 0 Å². The molecule has 2 aliphatic heterocycles. The minimum absolute atomic E-state index is 0.504. The second-order valence-corrected chi connectivity index (χ2v) is 6.65. The normalized spacial score (nSPS) is 25.9. The zero-order valence-corrected chi connectivity index (χ0v) is 13.8. The molecule has 5 heteroatoms. The maximum Gasteiger partial charge on any atom is 0.137 e. The maximum atomic E-state index is 6.28. The van der Waals surface area contributed by atoms with E-state index in [2.05, 4.69) is 22.1 Å². The molecular formula is C16H25ClN4. The number of halogens is 1. The average molecular weight is 309 g/mol. The van der Waals surface area contributed by atoms with Gasteiger partial charge in [0, 0.05) is 30.6 Å². The van der Waals surface area contributed by atoms with Crippen LogP contribution in [0, 0.1) is 6.92 Å². The number of hydrogen-bond acceptors (Lipinski definition) is 4. The van der Waals surface area contributed by atoms with Gasteiger partial charge < -0.3 is 5.32 Å². The minimum Gasteiger partial charge on any atom is -0.365 e. The molecule has 0 radical (unpaired) electrons. The first kappa shape index (κ1) is 15.0. The first-order chi connectivity index (χ1) is 10.2. The van der Waals surface area contributed by atoms with Crippen molar-refractivity contribution in [1.29, 1.82) is 0 Å². The van der Waals surface area contributed by atoms with Gasteiger partial charge in [0.25, 0.3) is 0 Å². The number of aromatic nitrogens is 2. The van der Waals surface area contributed by atoms with E-state index in [1.165, 1.54) is 38.8 Å². The molecule has 2 unspecified atom stereocenters. The molecule has 3 rings (SSSR count). The van der Waals surface area contributed by atoms with E-state index in [1.54, 1.807) is 0 Å². The topological polar surface area (TPSA) is 41.1 Å². The van der Waals surface area contributed by atoms with Crippen molar-refractivity contribution in [2.75, 3.05) is 18.4 Å². The molecule has 1 aromatic rings. The Kier molecular flexibility index (Phi) is 4.65. The third-order valence-electron chi connectivity index (χ3n) is 4.78. The Hall–Kier alpha value is -0.870. The number of fused-ring (bicyclic) bond motifs is 1. The van der Waals surface area contributed by atoms with Crippen LogP contribution in [0.3, 0.4) is 0 Å². The fourth-order valence-electron chi connectivity index (χ4n) is 3.60. The van der Waals surface area contributed by atoms with Crippen molar-refractivity contribution in [3.63, 3.8) is 0 Å². The van der Waals surface area contributed by atoms with Gasteiger partial charge in [0.2, 0.25) is 0 Å². The summed E-state index contributed by atoms with van der Waals surface area (Å²) in [6, 6.07) is 1.17. The highest BCUT2D eigenvalue weighted by Crippen LogP contribution is 2.30. The largest absolute Gasteiger partial charge is 0.365 e. The lowest BCUT2D eigenvalue weighted by Gasteiger charge is -2.33. The van der Waals surface area contributed by atoms with Gasteiger partial charge in [-0.3, -0.25) is 4.90 Å². The van der Waals surface area contributed by atoms with E-state index in [4.69, 9.17) is 16.6 Å². The molecular weight excluding hydrogens is 284 g/mol. The van der Waals surface area contributed by atoms with Crippen molar-refractivity contribution in [1.82, 2.24) is 14.9 Å². The lowest BCUT2D eigenvalue weighted by atomic mass is 9.99. The van der Waals surface area contributed by atoms with Crippen LogP contribution >= 0.6 is 11.6 Å². The first-order valence-electron chi connectivity index (χ1n) is 8.22. The van der Waals surface area contributed by atoms with Gasteiger partial charge >= 0.3 is 0 Å². The molecule has 1 N–H and O–H groups in total. The average Bonchev–Trinajstić information content (AvgIpc) is 2.88. The summed E-state index contributed by atoms with van der Waals surface area (Å²) in [5.41, 5.74) is 0.978. The van der Waals surface area contributed by atoms with Crippen molar-refractivity contribution in [2.45, 2.75) is 64.5 Å². The molecule has 21 heavy (non-hydrogen) atoms. The van der Waals surface area contributed by atoms with E-state index in [-0.39, 0.29) is 0 Å². The van der Waals surface area contributed by atoms with Gasteiger partial charge in [-0.1, -0.05) is 24.9 Å². The lowest BCUT2D eigenvalue weighted by molar-refractivity contribution is 0.192. The number of nitrogens with one attached hydrogen (secondary N) is 1. The van der Waals surface area contributed by atoms with Crippen LogP contribution in [-0.4, -0.2) is 40.0 Å².